The number of carbonyl (C=O) groups excluding carboxylic acids is 1. The van der Waals surface area contributed by atoms with E-state index < -0.39 is 21.5 Å². The molecule has 2 aliphatic heterocycles. The summed E-state index contributed by atoms with van der Waals surface area (Å²) < 4.78 is 42.5. The van der Waals surface area contributed by atoms with Gasteiger partial charge >= 0.3 is 0 Å². The molecule has 1 saturated heterocycles. The van der Waals surface area contributed by atoms with Crippen molar-refractivity contribution in [1.29, 1.82) is 0 Å². The standard InChI is InChI=1S/C31H37N7O5S/c1-29(2)18-20-19-37(29)27-21(28(39)36-44(40,41)26-5-3-4-23(33-26)32-14-17-42-20)6-7-24(34-27)38-15-8-25(35-38)43-16-9-22-30(10-11-30)31(22)12-13-31/h3-8,15,20,22H,9-14,16-19H2,1-2H3,(H,32,33)(H,36,39). The van der Waals surface area contributed by atoms with Gasteiger partial charge in [0.15, 0.2) is 10.8 Å². The number of anilines is 2. The van der Waals surface area contributed by atoms with E-state index in [0.29, 0.717) is 66.9 Å². The lowest BCUT2D eigenvalue weighted by atomic mass is 10.0. The lowest BCUT2D eigenvalue weighted by Crippen LogP contribution is -2.41. The zero-order valence-electron chi connectivity index (χ0n) is 25.0. The van der Waals surface area contributed by atoms with Crippen molar-refractivity contribution < 1.29 is 22.7 Å². The third kappa shape index (κ3) is 4.54. The van der Waals surface area contributed by atoms with Crippen molar-refractivity contribution in [2.45, 2.75) is 69.0 Å². The fourth-order valence-electron chi connectivity index (χ4n) is 8.06. The van der Waals surface area contributed by atoms with Crippen LogP contribution in [0.25, 0.3) is 5.82 Å². The number of aromatic nitrogens is 4. The van der Waals surface area contributed by atoms with Crippen molar-refractivity contribution in [3.05, 3.63) is 48.2 Å². The molecule has 1 unspecified atom stereocenters. The van der Waals surface area contributed by atoms with Crippen LogP contribution in [-0.4, -0.2) is 72.0 Å². The van der Waals surface area contributed by atoms with Crippen LogP contribution in [0.4, 0.5) is 11.6 Å². The van der Waals surface area contributed by atoms with Crippen molar-refractivity contribution in [2.24, 2.45) is 16.7 Å². The monoisotopic (exact) mass is 619 g/mol. The summed E-state index contributed by atoms with van der Waals surface area (Å²) >= 11 is 0. The van der Waals surface area contributed by atoms with E-state index in [2.05, 4.69) is 34.0 Å². The molecule has 5 heterocycles. The number of pyridine rings is 2. The summed E-state index contributed by atoms with van der Waals surface area (Å²) in [5.41, 5.74) is 1.03. The molecule has 232 valence electrons. The minimum absolute atomic E-state index is 0.109. The first kappa shape index (κ1) is 27.8. The van der Waals surface area contributed by atoms with Crippen LogP contribution in [0.1, 0.15) is 62.7 Å². The van der Waals surface area contributed by atoms with Crippen LogP contribution >= 0.6 is 0 Å². The molecule has 44 heavy (non-hydrogen) atoms. The Balaban J connectivity index is 1.07. The Kier molecular flexibility index (Phi) is 6.10. The molecule has 3 aliphatic carbocycles. The van der Waals surface area contributed by atoms with E-state index in [4.69, 9.17) is 14.5 Å². The maximum absolute atomic E-state index is 13.6. The molecular formula is C31H37N7O5S. The van der Waals surface area contributed by atoms with Crippen LogP contribution in [0.15, 0.2) is 47.6 Å². The number of nitrogens with zero attached hydrogens (tertiary/aromatic N) is 5. The minimum atomic E-state index is -4.25. The van der Waals surface area contributed by atoms with Gasteiger partial charge in [-0.3, -0.25) is 4.79 Å². The Morgan fingerprint density at radius 1 is 1.07 bits per heavy atom. The van der Waals surface area contributed by atoms with Gasteiger partial charge in [-0.2, -0.15) is 8.42 Å². The molecular weight excluding hydrogens is 582 g/mol. The Hall–Kier alpha value is -3.71. The summed E-state index contributed by atoms with van der Waals surface area (Å²) in [5, 5.41) is 7.46. The summed E-state index contributed by atoms with van der Waals surface area (Å²) in [7, 11) is -4.25. The molecule has 8 rings (SSSR count). The Morgan fingerprint density at radius 2 is 1.86 bits per heavy atom. The highest BCUT2D eigenvalue weighted by Crippen LogP contribution is 2.93. The average Bonchev–Trinajstić information content (AvgIpc) is 3.94. The Labute approximate surface area is 256 Å². The van der Waals surface area contributed by atoms with Crippen molar-refractivity contribution in [2.75, 3.05) is 36.5 Å². The van der Waals surface area contributed by atoms with E-state index in [1.807, 2.05) is 11.0 Å². The lowest BCUT2D eigenvalue weighted by molar-refractivity contribution is 0.0710. The Bertz CT molecular complexity index is 1730. The van der Waals surface area contributed by atoms with Crippen molar-refractivity contribution in [1.82, 2.24) is 24.5 Å². The van der Waals surface area contributed by atoms with Gasteiger partial charge < -0.3 is 19.7 Å². The van der Waals surface area contributed by atoms with Crippen LogP contribution in [-0.2, 0) is 14.8 Å². The molecule has 4 fully saturated rings. The average molecular weight is 620 g/mol. The van der Waals surface area contributed by atoms with Crippen LogP contribution in [0.2, 0.25) is 0 Å². The highest BCUT2D eigenvalue weighted by Gasteiger charge is 2.85. The van der Waals surface area contributed by atoms with Crippen LogP contribution < -0.4 is 19.7 Å². The molecule has 2 N–H and O–H groups in total. The maximum Gasteiger partial charge on any atom is 0.281 e. The number of hydrogen-bond donors (Lipinski definition) is 2. The number of nitrogens with one attached hydrogen (secondary N) is 2. The first-order valence-corrected chi connectivity index (χ1v) is 17.0. The van der Waals surface area contributed by atoms with Crippen molar-refractivity contribution in [3.63, 3.8) is 0 Å². The van der Waals surface area contributed by atoms with Gasteiger partial charge in [-0.1, -0.05) is 6.07 Å². The summed E-state index contributed by atoms with van der Waals surface area (Å²) in [6.45, 7) is 6.12. The van der Waals surface area contributed by atoms with Crippen LogP contribution in [0.3, 0.4) is 0 Å². The molecule has 5 aliphatic rings. The molecule has 12 nitrogen and oxygen atoms in total. The molecule has 1 amide bonds. The third-order valence-corrected chi connectivity index (χ3v) is 11.7. The predicted molar refractivity (Wildman–Crippen MR) is 161 cm³/mol. The van der Waals surface area contributed by atoms with E-state index >= 15 is 0 Å². The first-order chi connectivity index (χ1) is 21.1. The topological polar surface area (TPSA) is 141 Å². The number of fused-ring (bicyclic) bond motifs is 7. The van der Waals surface area contributed by atoms with E-state index in [9.17, 15) is 13.2 Å². The van der Waals surface area contributed by atoms with Gasteiger partial charge in [-0.15, -0.1) is 5.10 Å². The van der Waals surface area contributed by atoms with Gasteiger partial charge in [0.2, 0.25) is 5.88 Å². The quantitative estimate of drug-likeness (QED) is 0.436. The lowest BCUT2D eigenvalue weighted by Gasteiger charge is -2.33. The third-order valence-electron chi connectivity index (χ3n) is 10.5. The molecule has 4 bridgehead atoms. The molecule has 13 heteroatoms. The molecule has 1 atom stereocenters. The van der Waals surface area contributed by atoms with Crippen molar-refractivity contribution >= 4 is 27.6 Å². The number of rotatable bonds is 5. The molecule has 3 aromatic rings. The zero-order chi connectivity index (χ0) is 30.3. The van der Waals surface area contributed by atoms with E-state index in [-0.39, 0.29) is 16.7 Å². The summed E-state index contributed by atoms with van der Waals surface area (Å²) in [4.78, 5) is 24.7. The number of amides is 1. The summed E-state index contributed by atoms with van der Waals surface area (Å²) in [5.74, 6) is 1.78. The number of ether oxygens (including phenoxy) is 2. The van der Waals surface area contributed by atoms with E-state index in [0.717, 1.165) is 12.3 Å². The highest BCUT2D eigenvalue weighted by molar-refractivity contribution is 7.90. The van der Waals surface area contributed by atoms with Gasteiger partial charge in [0, 0.05) is 30.9 Å². The zero-order valence-corrected chi connectivity index (χ0v) is 25.8. The van der Waals surface area contributed by atoms with Crippen LogP contribution in [0, 0.1) is 16.7 Å². The number of carbonyl (C=O) groups is 1. The molecule has 0 radical (unpaired) electrons. The van der Waals surface area contributed by atoms with Gasteiger partial charge in [0.05, 0.1) is 24.9 Å². The molecule has 3 saturated carbocycles. The second kappa shape index (κ2) is 9.64. The predicted octanol–water partition coefficient (Wildman–Crippen LogP) is 3.54. The number of hydrogen-bond acceptors (Lipinski definition) is 10. The number of sulfonamides is 1. The second-order valence-corrected chi connectivity index (χ2v) is 15.1. The highest BCUT2D eigenvalue weighted by atomic mass is 32.2. The largest absolute Gasteiger partial charge is 0.477 e. The van der Waals surface area contributed by atoms with Gasteiger partial charge in [0.1, 0.15) is 11.6 Å². The fraction of sp³-hybridized carbons (Fsp3) is 0.548. The minimum Gasteiger partial charge on any atom is -0.477 e. The van der Waals surface area contributed by atoms with E-state index in [1.165, 1.54) is 31.7 Å². The van der Waals surface area contributed by atoms with Gasteiger partial charge in [-0.05, 0) is 93.4 Å². The maximum atomic E-state index is 13.6. The van der Waals surface area contributed by atoms with Crippen LogP contribution in [0.5, 0.6) is 5.88 Å². The molecule has 3 aromatic heterocycles. The normalized spacial score (nSPS) is 25.4. The second-order valence-electron chi connectivity index (χ2n) is 13.5. The van der Waals surface area contributed by atoms with E-state index in [1.54, 1.807) is 35.1 Å². The SMILES string of the molecule is CC1(C)CC2CN1c1nc(-n3ccc(OCCC4C5(CC5)C45CC5)n3)ccc1C(=O)NS(=O)(=O)c1cccc(n1)NCCO2. The fourth-order valence-corrected chi connectivity index (χ4v) is 9.00. The van der Waals surface area contributed by atoms with Crippen molar-refractivity contribution in [3.8, 4) is 11.7 Å². The summed E-state index contributed by atoms with van der Waals surface area (Å²) in [6.07, 6.45) is 9.02. The summed E-state index contributed by atoms with van der Waals surface area (Å²) in [6, 6.07) is 9.67. The Morgan fingerprint density at radius 3 is 2.64 bits per heavy atom. The van der Waals surface area contributed by atoms with Gasteiger partial charge in [0.25, 0.3) is 15.9 Å². The molecule has 2 spiro atoms. The smallest absolute Gasteiger partial charge is 0.281 e. The first-order valence-electron chi connectivity index (χ1n) is 15.5. The molecule has 0 aromatic carbocycles. The van der Waals surface area contributed by atoms with Gasteiger partial charge in [-0.25, -0.2) is 19.4 Å².